The van der Waals surface area contributed by atoms with Crippen LogP contribution >= 0.6 is 9.39 Å². The maximum atomic E-state index is 12.3. The smallest absolute Gasteiger partial charge is 0.321 e. The van der Waals surface area contributed by atoms with Crippen molar-refractivity contribution in [3.63, 3.8) is 0 Å². The molecular weight excluding hydrogens is 565 g/mol. The highest BCUT2D eigenvalue weighted by atomic mass is 31.0. The molecule has 0 bridgehead atoms. The summed E-state index contributed by atoms with van der Waals surface area (Å²) in [6.07, 6.45) is 24.5. The van der Waals surface area contributed by atoms with Gasteiger partial charge >= 0.3 is 5.97 Å². The molecule has 43 heavy (non-hydrogen) atoms. The third-order valence-electron chi connectivity index (χ3n) is 7.47. The first-order valence-electron chi connectivity index (χ1n) is 16.3. The van der Waals surface area contributed by atoms with Gasteiger partial charge in [0.1, 0.15) is 11.8 Å². The van der Waals surface area contributed by atoms with Gasteiger partial charge in [-0.05, 0) is 25.7 Å². The van der Waals surface area contributed by atoms with Gasteiger partial charge in [0.15, 0.2) is 0 Å². The Morgan fingerprint density at radius 1 is 0.628 bits per heavy atom. The fraction of sp³-hybridized carbons (Fsp3) is 0.727. The van der Waals surface area contributed by atoms with Crippen molar-refractivity contribution in [1.29, 1.82) is 0 Å². The summed E-state index contributed by atoms with van der Waals surface area (Å²) in [7, 11) is 2.18. The maximum Gasteiger partial charge on any atom is 0.321 e. The van der Waals surface area contributed by atoms with E-state index >= 15 is 0 Å². The molecule has 0 spiro atoms. The molecule has 0 aliphatic rings. The minimum atomic E-state index is -0.953. The number of unbranched alkanes of at least 4 members (excludes halogenated alkanes) is 15. The second kappa shape index (κ2) is 28.4. The highest BCUT2D eigenvalue weighted by Crippen LogP contribution is 2.15. The van der Waals surface area contributed by atoms with Crippen LogP contribution in [0, 0.1) is 0 Å². The van der Waals surface area contributed by atoms with E-state index in [2.05, 4.69) is 38.3 Å². The van der Waals surface area contributed by atoms with Crippen LogP contribution in [0.5, 0.6) is 0 Å². The Bertz CT molecular complexity index is 820. The van der Waals surface area contributed by atoms with Gasteiger partial charge in [-0.15, -0.1) is 0 Å². The number of aliphatic hydroxyl groups is 2. The first-order chi connectivity index (χ1) is 20.7. The van der Waals surface area contributed by atoms with Crippen LogP contribution in [0.4, 0.5) is 0 Å². The van der Waals surface area contributed by atoms with Gasteiger partial charge < -0.3 is 26.0 Å². The topological polar surface area (TPSA) is 148 Å². The third-order valence-corrected chi connectivity index (χ3v) is 7.87. The van der Waals surface area contributed by atoms with Crippen molar-refractivity contribution in [2.24, 2.45) is 0 Å². The van der Waals surface area contributed by atoms with E-state index in [1.807, 2.05) is 0 Å². The van der Waals surface area contributed by atoms with Gasteiger partial charge in [0.2, 0.25) is 11.8 Å². The predicted octanol–water partition coefficient (Wildman–Crippen LogP) is 7.31. The van der Waals surface area contributed by atoms with Crippen molar-refractivity contribution >= 4 is 27.2 Å². The normalized spacial score (nSPS) is 12.6. The summed E-state index contributed by atoms with van der Waals surface area (Å²) in [5, 5.41) is 36.0. The summed E-state index contributed by atoms with van der Waals surface area (Å²) >= 11 is 0. The molecule has 0 aromatic rings. The lowest BCUT2D eigenvalue weighted by Crippen LogP contribution is -2.37. The van der Waals surface area contributed by atoms with Gasteiger partial charge in [-0.1, -0.05) is 125 Å². The minimum Gasteiger partial charge on any atom is -0.513 e. The summed E-state index contributed by atoms with van der Waals surface area (Å²) < 4.78 is 0. The number of carbonyl (C=O) groups excluding carboxylic acids is 2. The molecule has 0 saturated heterocycles. The molecule has 0 aromatic carbocycles. The van der Waals surface area contributed by atoms with Gasteiger partial charge in [-0.2, -0.15) is 0 Å². The van der Waals surface area contributed by atoms with Crippen molar-refractivity contribution in [1.82, 2.24) is 15.7 Å². The number of aliphatic hydroxyl groups excluding tert-OH is 2. The molecule has 0 saturated carbocycles. The second-order valence-corrected chi connectivity index (χ2v) is 11.8. The molecule has 0 aromatic heterocycles. The van der Waals surface area contributed by atoms with Crippen LogP contribution in [0.1, 0.15) is 135 Å². The van der Waals surface area contributed by atoms with Crippen LogP contribution in [0.25, 0.3) is 0 Å². The van der Waals surface area contributed by atoms with Crippen molar-refractivity contribution in [3.05, 3.63) is 36.8 Å². The van der Waals surface area contributed by atoms with Gasteiger partial charge in [0.25, 0.3) is 0 Å². The quantitative estimate of drug-likeness (QED) is 0.0212. The molecule has 9 nitrogen and oxygen atoms in total. The molecule has 6 N–H and O–H groups in total. The number of rotatable bonds is 30. The molecule has 10 heteroatoms. The zero-order valence-corrected chi connectivity index (χ0v) is 27.6. The largest absolute Gasteiger partial charge is 0.513 e. The number of nitrogens with one attached hydrogen (secondary N) is 3. The lowest BCUT2D eigenvalue weighted by molar-refractivity contribution is -0.138. The minimum absolute atomic E-state index is 0.118. The number of carbonyl (C=O) groups is 3. The summed E-state index contributed by atoms with van der Waals surface area (Å²) in [6, 6.07) is -1.37. The highest BCUT2D eigenvalue weighted by Gasteiger charge is 2.17. The Kier molecular flexibility index (Phi) is 26.8. The molecule has 0 radical (unpaired) electrons. The standard InChI is InChI=1S/C33H60N3O6P/c1-27(37)21-17-15-13-11-9-7-5-3-4-6-8-10-12-14-16-18-23-32(40)35-29(28(2)38)24-25-31(39)34-26-20-19-22-30(36-43)33(41)42/h19-20,29-30,36-38H,1-18,21-26,43H2,(H,34,39)(H,35,40)(H,41,42)/b20-19+/t29-,30-/m0/s1. The Hall–Kier alpha value is -2.38. The van der Waals surface area contributed by atoms with Crippen molar-refractivity contribution < 1.29 is 29.7 Å². The second-order valence-electron chi connectivity index (χ2n) is 11.4. The Morgan fingerprint density at radius 3 is 1.51 bits per heavy atom. The van der Waals surface area contributed by atoms with Gasteiger partial charge in [-0.3, -0.25) is 19.5 Å². The van der Waals surface area contributed by atoms with E-state index in [0.717, 1.165) is 32.1 Å². The molecule has 248 valence electrons. The SMILES string of the molecule is C=C(O)CCCCCCCCCCCCCCCCCCC(=O)N[C@@H](CCC(=O)NC/C=C/C[C@H](NP)C(=O)O)C(=C)O. The Morgan fingerprint density at radius 2 is 1.09 bits per heavy atom. The number of carboxylic acids is 1. The number of carboxylic acid groups (broad SMARTS) is 1. The average molecular weight is 626 g/mol. The Labute approximate surface area is 262 Å². The zero-order valence-electron chi connectivity index (χ0n) is 26.4. The summed E-state index contributed by atoms with van der Waals surface area (Å²) in [4.78, 5) is 35.4. The van der Waals surface area contributed by atoms with E-state index in [1.165, 1.54) is 77.0 Å². The van der Waals surface area contributed by atoms with E-state index in [9.17, 15) is 19.5 Å². The molecule has 1 unspecified atom stereocenters. The third kappa shape index (κ3) is 26.9. The van der Waals surface area contributed by atoms with Crippen molar-refractivity contribution in [2.75, 3.05) is 6.54 Å². The van der Waals surface area contributed by atoms with Crippen LogP contribution in [0.15, 0.2) is 36.8 Å². The number of hydrogen-bond donors (Lipinski definition) is 6. The first kappa shape index (κ1) is 40.6. The fourth-order valence-corrected chi connectivity index (χ4v) is 5.05. The summed E-state index contributed by atoms with van der Waals surface area (Å²) in [5.41, 5.74) is 0. The van der Waals surface area contributed by atoms with E-state index < -0.39 is 18.1 Å². The monoisotopic (exact) mass is 625 g/mol. The highest BCUT2D eigenvalue weighted by molar-refractivity contribution is 7.13. The molecule has 0 heterocycles. The van der Waals surface area contributed by atoms with Gasteiger partial charge in [-0.25, -0.2) is 0 Å². The Balaban J connectivity index is 3.72. The number of amides is 2. The molecular formula is C33H60N3O6P. The van der Waals surface area contributed by atoms with E-state index in [1.54, 1.807) is 12.2 Å². The van der Waals surface area contributed by atoms with Gasteiger partial charge in [0.05, 0.1) is 11.8 Å². The molecule has 3 atom stereocenters. The van der Waals surface area contributed by atoms with Crippen LogP contribution in [0.2, 0.25) is 0 Å². The summed E-state index contributed by atoms with van der Waals surface area (Å²) in [5.74, 6) is -1.18. The van der Waals surface area contributed by atoms with Crippen molar-refractivity contribution in [3.8, 4) is 0 Å². The molecule has 2 amide bonds. The zero-order chi connectivity index (χ0) is 32.1. The molecule has 0 aliphatic carbocycles. The van der Waals surface area contributed by atoms with Crippen LogP contribution in [-0.2, 0) is 14.4 Å². The first-order valence-corrected chi connectivity index (χ1v) is 16.9. The molecule has 0 rings (SSSR count). The van der Waals surface area contributed by atoms with E-state index in [4.69, 9.17) is 10.2 Å². The average Bonchev–Trinajstić information content (AvgIpc) is 2.95. The van der Waals surface area contributed by atoms with Crippen LogP contribution < -0.4 is 15.7 Å². The van der Waals surface area contributed by atoms with E-state index in [0.29, 0.717) is 18.6 Å². The fourth-order valence-electron chi connectivity index (χ4n) is 4.77. The van der Waals surface area contributed by atoms with Gasteiger partial charge in [0, 0.05) is 25.8 Å². The lowest BCUT2D eigenvalue weighted by Gasteiger charge is -2.17. The van der Waals surface area contributed by atoms with Crippen LogP contribution in [0.3, 0.4) is 0 Å². The van der Waals surface area contributed by atoms with E-state index in [-0.39, 0.29) is 37.0 Å². The summed E-state index contributed by atoms with van der Waals surface area (Å²) in [6.45, 7) is 7.32. The maximum absolute atomic E-state index is 12.3. The molecule has 0 fully saturated rings. The van der Waals surface area contributed by atoms with Crippen molar-refractivity contribution in [2.45, 2.75) is 147 Å². The predicted molar refractivity (Wildman–Crippen MR) is 179 cm³/mol. The number of aliphatic carboxylic acids is 1. The molecule has 0 aliphatic heterocycles. The number of allylic oxidation sites excluding steroid dienone is 1. The lowest BCUT2D eigenvalue weighted by atomic mass is 10.0. The number of hydrogen-bond acceptors (Lipinski definition) is 6. The van der Waals surface area contributed by atoms with Crippen LogP contribution in [-0.4, -0.2) is 51.7 Å².